The summed E-state index contributed by atoms with van der Waals surface area (Å²) in [5.74, 6) is 1.00. The highest BCUT2D eigenvalue weighted by Crippen LogP contribution is 2.30. The van der Waals surface area contributed by atoms with Crippen LogP contribution in [0.15, 0.2) is 36.7 Å². The lowest BCUT2D eigenvalue weighted by atomic mass is 10.0. The van der Waals surface area contributed by atoms with E-state index in [1.807, 2.05) is 6.20 Å². The summed E-state index contributed by atoms with van der Waals surface area (Å²) in [5, 5.41) is 0. The molecule has 1 aromatic carbocycles. The van der Waals surface area contributed by atoms with Crippen molar-refractivity contribution in [1.82, 2.24) is 14.5 Å². The monoisotopic (exact) mass is 353 g/mol. The van der Waals surface area contributed by atoms with E-state index < -0.39 is 11.7 Å². The van der Waals surface area contributed by atoms with E-state index in [2.05, 4.69) is 21.4 Å². The van der Waals surface area contributed by atoms with Crippen LogP contribution in [0.2, 0.25) is 0 Å². The van der Waals surface area contributed by atoms with Gasteiger partial charge in [-0.15, -0.1) is 0 Å². The highest BCUT2D eigenvalue weighted by molar-refractivity contribution is 5.26. The van der Waals surface area contributed by atoms with Crippen molar-refractivity contribution in [2.24, 2.45) is 0 Å². The van der Waals surface area contributed by atoms with E-state index in [9.17, 15) is 13.2 Å². The molecule has 1 aromatic heterocycles. The second-order valence-corrected chi connectivity index (χ2v) is 6.26. The molecule has 1 atom stereocenters. The molecule has 0 aliphatic carbocycles. The Balaban J connectivity index is 1.62. The fourth-order valence-electron chi connectivity index (χ4n) is 3.16. The van der Waals surface area contributed by atoms with Gasteiger partial charge in [-0.3, -0.25) is 4.90 Å². The molecule has 0 saturated carbocycles. The lowest BCUT2D eigenvalue weighted by Crippen LogP contribution is -2.43. The summed E-state index contributed by atoms with van der Waals surface area (Å²) < 4.78 is 46.4. The number of hydrogen-bond donors (Lipinski definition) is 0. The number of halogens is 3. The number of nitrogens with zero attached hydrogens (tertiary/aromatic N) is 3. The Kier molecular flexibility index (Phi) is 5.44. The van der Waals surface area contributed by atoms with Gasteiger partial charge in [0.25, 0.3) is 0 Å². The van der Waals surface area contributed by atoms with Crippen molar-refractivity contribution < 1.29 is 17.9 Å². The number of ether oxygens (including phenoxy) is 1. The van der Waals surface area contributed by atoms with E-state index >= 15 is 0 Å². The van der Waals surface area contributed by atoms with Crippen LogP contribution in [0.1, 0.15) is 23.9 Å². The lowest BCUT2D eigenvalue weighted by Gasteiger charge is -2.33. The van der Waals surface area contributed by atoms with Crippen LogP contribution in [0.25, 0.3) is 0 Å². The molecule has 4 nitrogen and oxygen atoms in total. The molecule has 0 N–H and O–H groups in total. The summed E-state index contributed by atoms with van der Waals surface area (Å²) in [6.07, 6.45) is -0.202. The molecule has 1 fully saturated rings. The van der Waals surface area contributed by atoms with Gasteiger partial charge in [0, 0.05) is 32.0 Å². The van der Waals surface area contributed by atoms with Crippen LogP contribution >= 0.6 is 0 Å². The molecule has 25 heavy (non-hydrogen) atoms. The van der Waals surface area contributed by atoms with Crippen LogP contribution < -0.4 is 0 Å². The molecule has 0 amide bonds. The van der Waals surface area contributed by atoms with E-state index in [-0.39, 0.29) is 6.10 Å². The molecule has 136 valence electrons. The smallest absolute Gasteiger partial charge is 0.375 e. The van der Waals surface area contributed by atoms with Crippen LogP contribution in [0, 0.1) is 0 Å². The molecule has 1 saturated heterocycles. The normalized spacial score (nSPS) is 19.3. The fraction of sp³-hybridized carbons (Fsp3) is 0.500. The van der Waals surface area contributed by atoms with E-state index in [0.29, 0.717) is 25.1 Å². The van der Waals surface area contributed by atoms with Crippen LogP contribution in [-0.4, -0.2) is 40.3 Å². The zero-order valence-corrected chi connectivity index (χ0v) is 14.2. The van der Waals surface area contributed by atoms with Gasteiger partial charge in [-0.1, -0.05) is 18.2 Å². The van der Waals surface area contributed by atoms with Crippen LogP contribution in [0.5, 0.6) is 0 Å². The number of alkyl halides is 3. The van der Waals surface area contributed by atoms with Crippen molar-refractivity contribution >= 4 is 0 Å². The van der Waals surface area contributed by atoms with Crippen molar-refractivity contribution in [2.75, 3.05) is 19.7 Å². The van der Waals surface area contributed by atoms with Crippen LogP contribution in [0.4, 0.5) is 13.2 Å². The number of hydrogen-bond acceptors (Lipinski definition) is 3. The Morgan fingerprint density at radius 2 is 2.16 bits per heavy atom. The van der Waals surface area contributed by atoms with Crippen molar-refractivity contribution in [2.45, 2.75) is 38.7 Å². The third kappa shape index (κ3) is 4.61. The Hall–Kier alpha value is -1.86. The van der Waals surface area contributed by atoms with Gasteiger partial charge >= 0.3 is 6.18 Å². The SMILES string of the molecule is CCn1ccnc1CN1CCO[C@H](Cc2cccc(C(F)(F)F)c2)C1. The van der Waals surface area contributed by atoms with Crippen molar-refractivity contribution in [3.63, 3.8) is 0 Å². The van der Waals surface area contributed by atoms with Gasteiger partial charge in [0.15, 0.2) is 0 Å². The second kappa shape index (κ2) is 7.58. The molecule has 2 aromatic rings. The Morgan fingerprint density at radius 1 is 1.32 bits per heavy atom. The minimum atomic E-state index is -4.31. The number of imidazole rings is 1. The molecule has 0 spiro atoms. The van der Waals surface area contributed by atoms with Gasteiger partial charge in [-0.2, -0.15) is 13.2 Å². The van der Waals surface area contributed by atoms with Crippen molar-refractivity contribution in [3.05, 3.63) is 53.6 Å². The maximum absolute atomic E-state index is 12.8. The molecule has 1 aliphatic rings. The second-order valence-electron chi connectivity index (χ2n) is 6.26. The number of benzene rings is 1. The molecule has 0 bridgehead atoms. The predicted molar refractivity (Wildman–Crippen MR) is 88.1 cm³/mol. The molecular weight excluding hydrogens is 331 g/mol. The Bertz CT molecular complexity index is 699. The molecule has 3 rings (SSSR count). The minimum absolute atomic E-state index is 0.109. The predicted octanol–water partition coefficient (Wildman–Crippen LogP) is 3.37. The van der Waals surface area contributed by atoms with Crippen LogP contribution in [-0.2, 0) is 30.4 Å². The summed E-state index contributed by atoms with van der Waals surface area (Å²) in [6, 6.07) is 5.49. The van der Waals surface area contributed by atoms with Gasteiger partial charge < -0.3 is 9.30 Å². The maximum Gasteiger partial charge on any atom is 0.416 e. The van der Waals surface area contributed by atoms with Gasteiger partial charge in [-0.05, 0) is 25.0 Å². The quantitative estimate of drug-likeness (QED) is 0.826. The number of aryl methyl sites for hydroxylation is 1. The highest BCUT2D eigenvalue weighted by atomic mass is 19.4. The van der Waals surface area contributed by atoms with E-state index in [0.717, 1.165) is 31.5 Å². The lowest BCUT2D eigenvalue weighted by molar-refractivity contribution is -0.137. The average Bonchev–Trinajstić information content (AvgIpc) is 3.02. The topological polar surface area (TPSA) is 30.3 Å². The molecule has 0 radical (unpaired) electrons. The van der Waals surface area contributed by atoms with Crippen molar-refractivity contribution in [3.8, 4) is 0 Å². The Labute approximate surface area is 145 Å². The number of morpholine rings is 1. The number of rotatable bonds is 5. The zero-order chi connectivity index (χ0) is 17.9. The molecular formula is C18H22F3N3O. The number of aromatic nitrogens is 2. The standard InChI is InChI=1S/C18H22F3N3O/c1-2-24-7-6-22-17(24)13-23-8-9-25-16(12-23)11-14-4-3-5-15(10-14)18(19,20)21/h3-7,10,16H,2,8-9,11-13H2,1H3/t16-/m1/s1. The van der Waals surface area contributed by atoms with Gasteiger partial charge in [0.1, 0.15) is 5.82 Å². The molecule has 0 unspecified atom stereocenters. The van der Waals surface area contributed by atoms with E-state index in [4.69, 9.17) is 4.74 Å². The maximum atomic E-state index is 12.8. The first-order chi connectivity index (χ1) is 12.0. The molecule has 7 heteroatoms. The summed E-state index contributed by atoms with van der Waals surface area (Å²) in [5.41, 5.74) is 0.0411. The fourth-order valence-corrected chi connectivity index (χ4v) is 3.16. The summed E-state index contributed by atoms with van der Waals surface area (Å²) >= 11 is 0. The molecule has 2 heterocycles. The summed E-state index contributed by atoms with van der Waals surface area (Å²) in [7, 11) is 0. The highest BCUT2D eigenvalue weighted by Gasteiger charge is 2.30. The van der Waals surface area contributed by atoms with Gasteiger partial charge in [0.05, 0.1) is 24.8 Å². The van der Waals surface area contributed by atoms with Gasteiger partial charge in [0.2, 0.25) is 0 Å². The summed E-state index contributed by atoms with van der Waals surface area (Å²) in [4.78, 5) is 6.63. The third-order valence-corrected chi connectivity index (χ3v) is 4.45. The third-order valence-electron chi connectivity index (χ3n) is 4.45. The largest absolute Gasteiger partial charge is 0.416 e. The Morgan fingerprint density at radius 3 is 2.92 bits per heavy atom. The summed E-state index contributed by atoms with van der Waals surface area (Å²) in [6.45, 7) is 5.73. The van der Waals surface area contributed by atoms with E-state index in [1.165, 1.54) is 12.1 Å². The first kappa shape index (κ1) is 17.9. The van der Waals surface area contributed by atoms with E-state index in [1.54, 1.807) is 12.3 Å². The zero-order valence-electron chi connectivity index (χ0n) is 14.2. The first-order valence-electron chi connectivity index (χ1n) is 8.46. The van der Waals surface area contributed by atoms with Crippen LogP contribution in [0.3, 0.4) is 0 Å². The van der Waals surface area contributed by atoms with Crippen molar-refractivity contribution in [1.29, 1.82) is 0 Å². The average molecular weight is 353 g/mol. The minimum Gasteiger partial charge on any atom is -0.375 e. The first-order valence-corrected chi connectivity index (χ1v) is 8.46. The molecule has 1 aliphatic heterocycles. The van der Waals surface area contributed by atoms with Gasteiger partial charge in [-0.25, -0.2) is 4.98 Å².